The number of rotatable bonds is 6. The minimum Gasteiger partial charge on any atom is -0.416 e. The van der Waals surface area contributed by atoms with Crippen molar-refractivity contribution in [2.75, 3.05) is 19.6 Å². The molecule has 1 aliphatic heterocycles. The van der Waals surface area contributed by atoms with Crippen LogP contribution in [0, 0.1) is 12.8 Å². The van der Waals surface area contributed by atoms with Gasteiger partial charge >= 0.3 is 0 Å². The average molecular weight is 445 g/mol. The Kier molecular flexibility index (Phi) is 6.53. The van der Waals surface area contributed by atoms with Crippen molar-refractivity contribution in [3.63, 3.8) is 0 Å². The van der Waals surface area contributed by atoms with Crippen LogP contribution in [0.3, 0.4) is 0 Å². The zero-order valence-electron chi connectivity index (χ0n) is 19.3. The Morgan fingerprint density at radius 2 is 1.67 bits per heavy atom. The molecular weight excluding hydrogens is 412 g/mol. The lowest BCUT2D eigenvalue weighted by molar-refractivity contribution is 0.0905. The van der Waals surface area contributed by atoms with Crippen LogP contribution in [0.5, 0.6) is 0 Å². The van der Waals surface area contributed by atoms with Crippen LogP contribution in [0.15, 0.2) is 52.9 Å². The first-order valence-electron chi connectivity index (χ1n) is 12.2. The van der Waals surface area contributed by atoms with Gasteiger partial charge in [-0.25, -0.2) is 0 Å². The minimum atomic E-state index is -0.0121. The molecule has 172 valence electrons. The number of amides is 1. The highest BCUT2D eigenvalue weighted by Crippen LogP contribution is 2.27. The van der Waals surface area contributed by atoms with Gasteiger partial charge in [-0.1, -0.05) is 31.0 Å². The van der Waals surface area contributed by atoms with Crippen molar-refractivity contribution in [3.05, 3.63) is 59.7 Å². The third kappa shape index (κ3) is 5.17. The summed E-state index contributed by atoms with van der Waals surface area (Å²) < 4.78 is 5.89. The maximum atomic E-state index is 12.8. The van der Waals surface area contributed by atoms with E-state index in [0.717, 1.165) is 48.5 Å². The van der Waals surface area contributed by atoms with Crippen molar-refractivity contribution in [3.8, 4) is 22.9 Å². The number of hydrogen-bond donors (Lipinski definition) is 1. The smallest absolute Gasteiger partial charge is 0.251 e. The number of likely N-dealkylation sites (tertiary alicyclic amines) is 1. The quantitative estimate of drug-likeness (QED) is 0.573. The first-order chi connectivity index (χ1) is 16.2. The molecule has 0 atom stereocenters. The van der Waals surface area contributed by atoms with Crippen LogP contribution < -0.4 is 5.32 Å². The Hall–Kier alpha value is -2.99. The molecule has 1 aromatic heterocycles. The molecule has 1 saturated carbocycles. The summed E-state index contributed by atoms with van der Waals surface area (Å²) in [5.74, 6) is 1.84. The van der Waals surface area contributed by atoms with Crippen molar-refractivity contribution in [2.45, 2.75) is 51.5 Å². The molecule has 0 unspecified atom stereocenters. The number of hydrogen-bond acceptors (Lipinski definition) is 5. The van der Waals surface area contributed by atoms with Crippen LogP contribution in [-0.4, -0.2) is 46.7 Å². The summed E-state index contributed by atoms with van der Waals surface area (Å²) in [4.78, 5) is 15.4. The van der Waals surface area contributed by atoms with Crippen LogP contribution in [0.1, 0.15) is 54.4 Å². The van der Waals surface area contributed by atoms with Crippen LogP contribution in [0.4, 0.5) is 0 Å². The van der Waals surface area contributed by atoms with Gasteiger partial charge in [-0.15, -0.1) is 10.2 Å². The second kappa shape index (κ2) is 9.87. The number of nitrogens with zero attached hydrogens (tertiary/aromatic N) is 3. The highest BCUT2D eigenvalue weighted by atomic mass is 16.4. The first kappa shape index (κ1) is 21.8. The lowest BCUT2D eigenvalue weighted by Crippen LogP contribution is -2.45. The van der Waals surface area contributed by atoms with Crippen molar-refractivity contribution in [2.24, 2.45) is 5.92 Å². The fraction of sp³-hybridized carbons (Fsp3) is 0.444. The molecule has 2 aromatic carbocycles. The third-order valence-electron chi connectivity index (χ3n) is 7.11. The summed E-state index contributed by atoms with van der Waals surface area (Å²) in [6, 6.07) is 15.6. The Morgan fingerprint density at radius 1 is 0.970 bits per heavy atom. The van der Waals surface area contributed by atoms with Crippen molar-refractivity contribution < 1.29 is 9.21 Å². The number of nitrogens with one attached hydrogen (secondary N) is 1. The van der Waals surface area contributed by atoms with E-state index in [4.69, 9.17) is 4.42 Å². The van der Waals surface area contributed by atoms with Crippen LogP contribution in [-0.2, 0) is 0 Å². The molecule has 1 amide bonds. The van der Waals surface area contributed by atoms with Gasteiger partial charge in [0.15, 0.2) is 0 Å². The zero-order valence-corrected chi connectivity index (χ0v) is 19.3. The number of piperidine rings is 1. The van der Waals surface area contributed by atoms with Gasteiger partial charge in [-0.2, -0.15) is 0 Å². The van der Waals surface area contributed by atoms with E-state index in [9.17, 15) is 4.79 Å². The zero-order chi connectivity index (χ0) is 22.6. The van der Waals surface area contributed by atoms with Gasteiger partial charge in [0.05, 0.1) is 0 Å². The largest absolute Gasteiger partial charge is 0.416 e. The van der Waals surface area contributed by atoms with E-state index in [1.165, 1.54) is 32.2 Å². The molecule has 1 aliphatic carbocycles. The molecule has 5 rings (SSSR count). The summed E-state index contributed by atoms with van der Waals surface area (Å²) in [5, 5.41) is 11.6. The number of aryl methyl sites for hydroxylation is 1. The van der Waals surface area contributed by atoms with Crippen LogP contribution in [0.2, 0.25) is 0 Å². The Labute approximate surface area is 195 Å². The summed E-state index contributed by atoms with van der Waals surface area (Å²) in [6.07, 6.45) is 7.64. The second-order valence-corrected chi connectivity index (χ2v) is 9.50. The molecule has 6 nitrogen and oxygen atoms in total. The molecule has 2 heterocycles. The second-order valence-electron chi connectivity index (χ2n) is 9.50. The first-order valence-corrected chi connectivity index (χ1v) is 12.2. The van der Waals surface area contributed by atoms with Crippen molar-refractivity contribution >= 4 is 5.91 Å². The molecule has 1 N–H and O–H groups in total. The number of aromatic nitrogens is 2. The molecule has 3 aromatic rings. The van der Waals surface area contributed by atoms with Gasteiger partial charge in [-0.05, 0) is 74.4 Å². The van der Waals surface area contributed by atoms with E-state index in [0.29, 0.717) is 17.3 Å². The van der Waals surface area contributed by atoms with Crippen molar-refractivity contribution in [1.29, 1.82) is 0 Å². The van der Waals surface area contributed by atoms with E-state index in [-0.39, 0.29) is 11.9 Å². The Morgan fingerprint density at radius 3 is 2.39 bits per heavy atom. The summed E-state index contributed by atoms with van der Waals surface area (Å²) in [6.45, 7) is 5.43. The molecule has 0 bridgehead atoms. The molecule has 33 heavy (non-hydrogen) atoms. The van der Waals surface area contributed by atoms with Gasteiger partial charge in [0.25, 0.3) is 5.91 Å². The highest BCUT2D eigenvalue weighted by molar-refractivity contribution is 5.94. The van der Waals surface area contributed by atoms with E-state index >= 15 is 0 Å². The number of carbonyl (C=O) groups is 1. The molecule has 0 radical (unpaired) electrons. The van der Waals surface area contributed by atoms with Crippen LogP contribution in [0.25, 0.3) is 22.9 Å². The average Bonchev–Trinajstić information content (AvgIpc) is 3.53. The van der Waals surface area contributed by atoms with Gasteiger partial charge in [0, 0.05) is 42.4 Å². The van der Waals surface area contributed by atoms with Gasteiger partial charge in [-0.3, -0.25) is 4.79 Å². The maximum absolute atomic E-state index is 12.8. The van der Waals surface area contributed by atoms with E-state index in [1.807, 2.05) is 55.5 Å². The molecule has 2 fully saturated rings. The minimum absolute atomic E-state index is 0.0121. The topological polar surface area (TPSA) is 71.3 Å². The monoisotopic (exact) mass is 444 g/mol. The highest BCUT2D eigenvalue weighted by Gasteiger charge is 2.24. The number of benzene rings is 2. The fourth-order valence-corrected chi connectivity index (χ4v) is 5.11. The van der Waals surface area contributed by atoms with Gasteiger partial charge in [0.2, 0.25) is 11.8 Å². The molecule has 1 saturated heterocycles. The predicted octanol–water partition coefficient (Wildman–Crippen LogP) is 5.10. The van der Waals surface area contributed by atoms with Gasteiger partial charge < -0.3 is 14.6 Å². The summed E-state index contributed by atoms with van der Waals surface area (Å²) in [7, 11) is 0. The fourth-order valence-electron chi connectivity index (χ4n) is 5.11. The molecule has 6 heteroatoms. The Balaban J connectivity index is 1.16. The summed E-state index contributed by atoms with van der Waals surface area (Å²) >= 11 is 0. The van der Waals surface area contributed by atoms with E-state index < -0.39 is 0 Å². The normalized spacial score (nSPS) is 18.0. The Bertz CT molecular complexity index is 1080. The van der Waals surface area contributed by atoms with E-state index in [2.05, 4.69) is 20.4 Å². The lowest BCUT2D eigenvalue weighted by atomic mass is 10.0. The van der Waals surface area contributed by atoms with Crippen molar-refractivity contribution in [1.82, 2.24) is 20.4 Å². The van der Waals surface area contributed by atoms with Gasteiger partial charge in [0.1, 0.15) is 0 Å². The third-order valence-corrected chi connectivity index (χ3v) is 7.11. The molecular formula is C27H32N4O2. The predicted molar refractivity (Wildman–Crippen MR) is 129 cm³/mol. The maximum Gasteiger partial charge on any atom is 0.251 e. The molecule has 2 aliphatic rings. The van der Waals surface area contributed by atoms with Crippen LogP contribution >= 0.6 is 0 Å². The lowest BCUT2D eigenvalue weighted by Gasteiger charge is -2.33. The molecule has 0 spiro atoms. The summed E-state index contributed by atoms with van der Waals surface area (Å²) in [5.41, 5.74) is 3.48. The number of carbonyl (C=O) groups excluding carboxylic acids is 1. The van der Waals surface area contributed by atoms with E-state index in [1.54, 1.807) is 0 Å². The standard InChI is InChI=1S/C27H32N4O2/c1-19-6-2-5-9-24(19)27-30-29-26(33-27)22-12-10-21(11-13-22)25(32)28-23-14-16-31(17-15-23)18-20-7-3-4-8-20/h2,5-6,9-13,20,23H,3-4,7-8,14-18H2,1H3,(H,28,32). The SMILES string of the molecule is Cc1ccccc1-c1nnc(-c2ccc(C(=O)NC3CCN(CC4CCCC4)CC3)cc2)o1.